The molecule has 0 saturated carbocycles. The van der Waals surface area contributed by atoms with Crippen LogP contribution in [0.2, 0.25) is 0 Å². The van der Waals surface area contributed by atoms with Gasteiger partial charge in [0.2, 0.25) is 5.91 Å². The molecule has 0 aliphatic carbocycles. The Balaban J connectivity index is 1.34. The molecule has 256 valence electrons. The van der Waals surface area contributed by atoms with E-state index in [1.807, 2.05) is 41.3 Å². The summed E-state index contributed by atoms with van der Waals surface area (Å²) in [6, 6.07) is 11.2. The molecule has 0 radical (unpaired) electrons. The summed E-state index contributed by atoms with van der Waals surface area (Å²) in [7, 11) is 0. The second-order valence-electron chi connectivity index (χ2n) is 12.5. The lowest BCUT2D eigenvalue weighted by Crippen LogP contribution is -2.58. The van der Waals surface area contributed by atoms with Crippen LogP contribution in [-0.4, -0.2) is 144 Å². The topological polar surface area (TPSA) is 206 Å². The molecule has 3 fully saturated rings. The number of aromatic nitrogens is 1. The highest BCUT2D eigenvalue weighted by atomic mass is 16.5. The zero-order chi connectivity index (χ0) is 34.1. The minimum atomic E-state index is -1.53. The summed E-state index contributed by atoms with van der Waals surface area (Å²) in [6.45, 7) is 0.831. The molecule has 2 aromatic carbocycles. The molecule has 0 unspecified atom stereocenters. The van der Waals surface area contributed by atoms with Crippen LogP contribution >= 0.6 is 0 Å². The number of fused-ring (bicyclic) bond motifs is 3. The van der Waals surface area contributed by atoms with Crippen molar-refractivity contribution in [2.24, 2.45) is 0 Å². The molecule has 48 heavy (non-hydrogen) atoms. The van der Waals surface area contributed by atoms with E-state index >= 15 is 0 Å². The number of amides is 1. The average molecular weight is 665 g/mol. The molecule has 3 aromatic rings. The van der Waals surface area contributed by atoms with Gasteiger partial charge in [-0.15, -0.1) is 0 Å². The molecule has 0 spiro atoms. The Hall–Kier alpha value is -3.57. The quantitative estimate of drug-likeness (QED) is 0.138. The number of ether oxygens (including phenoxy) is 2. The van der Waals surface area contributed by atoms with Crippen molar-refractivity contribution in [1.29, 1.82) is 0 Å². The largest absolute Gasteiger partial charge is 0.396 e. The van der Waals surface area contributed by atoms with Crippen molar-refractivity contribution in [3.8, 4) is 23.7 Å². The summed E-state index contributed by atoms with van der Waals surface area (Å²) in [5.74, 6) is 11.8. The third-order valence-electron chi connectivity index (χ3n) is 9.37. The number of hydrogen-bond acceptors (Lipinski definition) is 11. The fourth-order valence-corrected chi connectivity index (χ4v) is 6.62. The molecule has 0 bridgehead atoms. The average Bonchev–Trinajstić information content (AvgIpc) is 3.64. The Labute approximate surface area is 276 Å². The van der Waals surface area contributed by atoms with E-state index in [0.29, 0.717) is 37.2 Å². The Morgan fingerprint density at radius 3 is 1.75 bits per heavy atom. The highest BCUT2D eigenvalue weighted by Crippen LogP contribution is 2.31. The number of carbonyl (C=O) groups is 1. The lowest BCUT2D eigenvalue weighted by molar-refractivity contribution is -0.214. The molecule has 1 amide bonds. The van der Waals surface area contributed by atoms with E-state index in [-0.39, 0.29) is 18.9 Å². The summed E-state index contributed by atoms with van der Waals surface area (Å²) in [5, 5.41) is 82.3. The summed E-state index contributed by atoms with van der Waals surface area (Å²) in [5.41, 5.74) is 2.85. The fourth-order valence-electron chi connectivity index (χ4n) is 6.62. The van der Waals surface area contributed by atoms with Crippen molar-refractivity contribution < 1.29 is 55.1 Å². The van der Waals surface area contributed by atoms with E-state index < -0.39 is 67.6 Å². The molecular formula is C35H40N2O11. The van der Waals surface area contributed by atoms with Gasteiger partial charge < -0.3 is 59.8 Å². The first-order valence-corrected chi connectivity index (χ1v) is 16.1. The van der Waals surface area contributed by atoms with E-state index in [1.165, 1.54) is 0 Å². The van der Waals surface area contributed by atoms with Crippen molar-refractivity contribution in [1.82, 2.24) is 9.47 Å². The molecule has 3 aliphatic heterocycles. The highest BCUT2D eigenvalue weighted by Gasteiger charge is 2.43. The first-order valence-electron chi connectivity index (χ1n) is 16.1. The number of rotatable bonds is 6. The number of aliphatic hydroxyl groups excluding tert-OH is 8. The zero-order valence-electron chi connectivity index (χ0n) is 26.1. The van der Waals surface area contributed by atoms with Crippen LogP contribution in [0.3, 0.4) is 0 Å². The predicted octanol–water partition coefficient (Wildman–Crippen LogP) is -1.81. The number of aliphatic hydroxyl groups is 8. The molecular weight excluding hydrogens is 624 g/mol. The number of hydrogen-bond donors (Lipinski definition) is 8. The summed E-state index contributed by atoms with van der Waals surface area (Å²) in [6.07, 6.45) is -11.5. The number of nitrogens with zero attached hydrogens (tertiary/aromatic N) is 2. The monoisotopic (exact) mass is 664 g/mol. The third-order valence-corrected chi connectivity index (χ3v) is 9.37. The van der Waals surface area contributed by atoms with Gasteiger partial charge >= 0.3 is 0 Å². The van der Waals surface area contributed by atoms with E-state index in [0.717, 1.165) is 28.2 Å². The van der Waals surface area contributed by atoms with Gasteiger partial charge in [0.1, 0.15) is 54.9 Å². The summed E-state index contributed by atoms with van der Waals surface area (Å²) >= 11 is 0. The molecule has 13 nitrogen and oxygen atoms in total. The van der Waals surface area contributed by atoms with Crippen molar-refractivity contribution >= 4 is 27.7 Å². The number of benzene rings is 2. The maximum absolute atomic E-state index is 12.4. The normalized spacial score (nSPS) is 32.2. The van der Waals surface area contributed by atoms with Crippen LogP contribution in [0.1, 0.15) is 30.4 Å². The molecule has 10 atom stereocenters. The molecule has 8 N–H and O–H groups in total. The van der Waals surface area contributed by atoms with Gasteiger partial charge in [-0.1, -0.05) is 35.8 Å². The number of likely N-dealkylation sites (tertiary alicyclic amines) is 1. The highest BCUT2D eigenvalue weighted by molar-refractivity contribution is 6.08. The van der Waals surface area contributed by atoms with Crippen LogP contribution < -0.4 is 0 Å². The molecule has 13 heteroatoms. The Kier molecular flexibility index (Phi) is 10.4. The van der Waals surface area contributed by atoms with Crippen molar-refractivity contribution in [2.45, 2.75) is 86.8 Å². The number of carbonyl (C=O) groups excluding carboxylic acids is 1. The molecule has 4 heterocycles. The van der Waals surface area contributed by atoms with Gasteiger partial charge in [0.05, 0.1) is 23.7 Å². The Morgan fingerprint density at radius 1 is 0.708 bits per heavy atom. The first-order chi connectivity index (χ1) is 23.1. The van der Waals surface area contributed by atoms with Crippen LogP contribution in [0, 0.1) is 23.7 Å². The molecule has 1 aromatic heterocycles. The van der Waals surface area contributed by atoms with Crippen LogP contribution in [-0.2, 0) is 20.8 Å². The van der Waals surface area contributed by atoms with Crippen molar-refractivity contribution in [2.75, 3.05) is 26.3 Å². The van der Waals surface area contributed by atoms with Gasteiger partial charge in [-0.3, -0.25) is 4.79 Å². The van der Waals surface area contributed by atoms with Crippen LogP contribution in [0.5, 0.6) is 0 Å². The molecule has 6 rings (SSSR count). The van der Waals surface area contributed by atoms with Crippen LogP contribution in [0.15, 0.2) is 36.4 Å². The van der Waals surface area contributed by atoms with E-state index in [9.17, 15) is 45.6 Å². The maximum Gasteiger partial charge on any atom is 0.222 e. The maximum atomic E-state index is 12.4. The van der Waals surface area contributed by atoms with Gasteiger partial charge in [0.25, 0.3) is 0 Å². The van der Waals surface area contributed by atoms with E-state index in [1.54, 1.807) is 0 Å². The summed E-state index contributed by atoms with van der Waals surface area (Å²) in [4.78, 5) is 14.2. The van der Waals surface area contributed by atoms with E-state index in [4.69, 9.17) is 9.47 Å². The van der Waals surface area contributed by atoms with Crippen LogP contribution in [0.4, 0.5) is 0 Å². The van der Waals surface area contributed by atoms with Crippen LogP contribution in [0.25, 0.3) is 21.8 Å². The second kappa shape index (κ2) is 14.5. The first kappa shape index (κ1) is 34.3. The second-order valence-corrected chi connectivity index (χ2v) is 12.5. The van der Waals surface area contributed by atoms with Gasteiger partial charge in [-0.05, 0) is 37.1 Å². The Morgan fingerprint density at radius 2 is 1.25 bits per heavy atom. The smallest absolute Gasteiger partial charge is 0.222 e. The summed E-state index contributed by atoms with van der Waals surface area (Å²) < 4.78 is 13.3. The SMILES string of the molecule is O=C1CCCN1CCn1c2cc(C#C[C@H]3O[C@H](CO)[C@@H](O)[C@H](O)[C@@H]3O)ccc2c2ccc(C#C[C@H]3O[C@H](CCO)[C@@H](O)[C@H](O)[C@@H]3O)cc21. The zero-order valence-corrected chi connectivity index (χ0v) is 26.1. The predicted molar refractivity (Wildman–Crippen MR) is 171 cm³/mol. The van der Waals surface area contributed by atoms with Crippen molar-refractivity contribution in [3.05, 3.63) is 47.5 Å². The lowest BCUT2D eigenvalue weighted by atomic mass is 9.93. The standard InChI is InChI=1S/C35H40N2O11/c38-15-11-27-32(43)34(45)30(41)25(47-27)9-5-19-3-7-21-22-8-4-20(6-10-26-31(42)35(46)33(44)28(18-39)48-26)17-24(22)37(23(21)16-19)14-13-36-12-1-2-29(36)40/h3-4,7-8,16-17,25-28,30-35,38-39,41-46H,1-2,11-15,18H2/t25-,26-,27-,28-,30-,31-,32-,33-,34-,35-/m1/s1. The molecule has 3 saturated heterocycles. The van der Waals surface area contributed by atoms with Gasteiger partial charge in [-0.25, -0.2) is 0 Å². The third kappa shape index (κ3) is 6.68. The minimum absolute atomic E-state index is 0.0730. The van der Waals surface area contributed by atoms with Gasteiger partial charge in [-0.2, -0.15) is 0 Å². The van der Waals surface area contributed by atoms with Gasteiger partial charge in [0.15, 0.2) is 0 Å². The Bertz CT molecular complexity index is 1770. The van der Waals surface area contributed by atoms with Gasteiger partial charge in [0, 0.05) is 54.6 Å². The molecule has 3 aliphatic rings. The lowest BCUT2D eigenvalue weighted by Gasteiger charge is -2.38. The van der Waals surface area contributed by atoms with E-state index in [2.05, 4.69) is 28.2 Å². The van der Waals surface area contributed by atoms with Crippen molar-refractivity contribution in [3.63, 3.8) is 0 Å². The minimum Gasteiger partial charge on any atom is -0.396 e. The fraction of sp³-hybridized carbons (Fsp3) is 0.514.